The topological polar surface area (TPSA) is 130 Å². The maximum atomic E-state index is 13.2. The van der Waals surface area contributed by atoms with Crippen molar-refractivity contribution >= 4 is 17.7 Å². The number of aliphatic hydroxyl groups excluding tert-OH is 1. The van der Waals surface area contributed by atoms with E-state index >= 15 is 0 Å². The first kappa shape index (κ1) is 28.0. The first-order chi connectivity index (χ1) is 17.0. The Bertz CT molecular complexity index is 1070. The number of carbonyl (C=O) groups is 3. The number of aliphatic hydroxyl groups is 3. The molecule has 0 aromatic rings. The van der Waals surface area contributed by atoms with Crippen molar-refractivity contribution in [2.24, 2.45) is 40.9 Å². The number of ketones is 1. The van der Waals surface area contributed by atoms with Crippen LogP contribution in [0.15, 0.2) is 23.3 Å². The molecule has 4 rings (SSSR count). The fraction of sp³-hybridized carbons (Fsp3) is 0.759. The smallest absolute Gasteiger partial charge is 0.309 e. The Morgan fingerprint density at radius 2 is 1.76 bits per heavy atom. The molecule has 8 nitrogen and oxygen atoms in total. The van der Waals surface area contributed by atoms with Crippen LogP contribution in [0.25, 0.3) is 0 Å². The van der Waals surface area contributed by atoms with Crippen LogP contribution in [0.4, 0.5) is 0 Å². The lowest BCUT2D eigenvalue weighted by Gasteiger charge is -2.53. The van der Waals surface area contributed by atoms with Gasteiger partial charge in [0.2, 0.25) is 0 Å². The summed E-state index contributed by atoms with van der Waals surface area (Å²) in [7, 11) is 0. The van der Waals surface area contributed by atoms with Gasteiger partial charge in [-0.05, 0) is 24.5 Å². The third-order valence-corrected chi connectivity index (χ3v) is 9.96. The van der Waals surface area contributed by atoms with Crippen LogP contribution in [0, 0.1) is 40.9 Å². The average Bonchev–Trinajstić information content (AvgIpc) is 3.26. The van der Waals surface area contributed by atoms with Crippen molar-refractivity contribution in [3.8, 4) is 0 Å². The van der Waals surface area contributed by atoms with Crippen molar-refractivity contribution < 1.29 is 39.2 Å². The van der Waals surface area contributed by atoms with E-state index in [4.69, 9.17) is 9.47 Å². The minimum atomic E-state index is -1.94. The second-order valence-corrected chi connectivity index (χ2v) is 12.7. The zero-order valence-corrected chi connectivity index (χ0v) is 23.2. The molecule has 2 saturated carbocycles. The molecule has 4 aliphatic rings. The van der Waals surface area contributed by atoms with Crippen molar-refractivity contribution in [3.05, 3.63) is 23.3 Å². The number of hydrogen-bond acceptors (Lipinski definition) is 8. The quantitative estimate of drug-likeness (QED) is 0.361. The van der Waals surface area contributed by atoms with Gasteiger partial charge >= 0.3 is 11.9 Å². The van der Waals surface area contributed by atoms with Gasteiger partial charge in [-0.15, -0.1) is 0 Å². The highest BCUT2D eigenvalue weighted by Crippen LogP contribution is 2.77. The lowest BCUT2D eigenvalue weighted by Crippen LogP contribution is -2.66. The van der Waals surface area contributed by atoms with Crippen LogP contribution < -0.4 is 0 Å². The Balaban J connectivity index is 1.94. The standard InChI is InChI=1S/C29H42O8/c1-9-15(4)25(33)36-23-17(6)28(35)19(21-26(7,8)29(21,23)37-24(32)14(2)3)11-18(13-30)12-27(34)20(28)10-16(5)22(27)31/h10-11,14-15,17,19-21,23,30,34-35H,9,12-13H2,1-8H3. The van der Waals surface area contributed by atoms with E-state index in [1.807, 2.05) is 20.8 Å². The third kappa shape index (κ3) is 3.54. The van der Waals surface area contributed by atoms with Crippen molar-refractivity contribution in [3.63, 3.8) is 0 Å². The molecule has 0 aliphatic heterocycles. The summed E-state index contributed by atoms with van der Waals surface area (Å²) in [6.45, 7) is 13.9. The lowest BCUT2D eigenvalue weighted by molar-refractivity contribution is -0.231. The second-order valence-electron chi connectivity index (χ2n) is 12.7. The molecule has 0 heterocycles. The number of ether oxygens (including phenoxy) is 2. The van der Waals surface area contributed by atoms with Gasteiger partial charge in [0.1, 0.15) is 11.7 Å². The van der Waals surface area contributed by atoms with Crippen LogP contribution in [0.5, 0.6) is 0 Å². The van der Waals surface area contributed by atoms with Gasteiger partial charge < -0.3 is 24.8 Å². The van der Waals surface area contributed by atoms with Gasteiger partial charge in [-0.3, -0.25) is 14.4 Å². The van der Waals surface area contributed by atoms with Crippen molar-refractivity contribution in [2.45, 2.75) is 91.1 Å². The van der Waals surface area contributed by atoms with Crippen molar-refractivity contribution in [1.82, 2.24) is 0 Å². The van der Waals surface area contributed by atoms with E-state index < -0.39 is 81.6 Å². The Morgan fingerprint density at radius 3 is 2.30 bits per heavy atom. The largest absolute Gasteiger partial charge is 0.457 e. The van der Waals surface area contributed by atoms with E-state index in [0.29, 0.717) is 17.6 Å². The highest BCUT2D eigenvalue weighted by molar-refractivity contribution is 6.04. The average molecular weight is 519 g/mol. The molecule has 4 aliphatic carbocycles. The lowest BCUT2D eigenvalue weighted by atomic mass is 9.59. The first-order valence-electron chi connectivity index (χ1n) is 13.5. The second kappa shape index (κ2) is 8.75. The summed E-state index contributed by atoms with van der Waals surface area (Å²) in [5.74, 6) is -5.15. The van der Waals surface area contributed by atoms with Crippen LogP contribution in [0.2, 0.25) is 0 Å². The number of rotatable bonds is 6. The summed E-state index contributed by atoms with van der Waals surface area (Å²) < 4.78 is 12.4. The molecule has 206 valence electrons. The molecule has 0 radical (unpaired) electrons. The Morgan fingerprint density at radius 1 is 1.14 bits per heavy atom. The molecular formula is C29H42O8. The molecular weight excluding hydrogens is 476 g/mol. The maximum absolute atomic E-state index is 13.2. The molecule has 3 N–H and O–H groups in total. The predicted molar refractivity (Wildman–Crippen MR) is 135 cm³/mol. The fourth-order valence-corrected chi connectivity index (χ4v) is 7.52. The molecule has 0 spiro atoms. The summed E-state index contributed by atoms with van der Waals surface area (Å²) in [5.41, 5.74) is -4.78. The number of esters is 2. The van der Waals surface area contributed by atoms with Gasteiger partial charge in [0.05, 0.1) is 24.0 Å². The SMILES string of the molecule is CCC(C)C(=O)OC1C(C)C2(O)C(C=C(CO)CC3(O)C(=O)C(C)=CC32)C2C(C)(C)C12OC(=O)C(C)C. The first-order valence-corrected chi connectivity index (χ1v) is 13.5. The summed E-state index contributed by atoms with van der Waals surface area (Å²) in [5, 5.41) is 34.6. The van der Waals surface area contributed by atoms with E-state index in [0.717, 1.165) is 0 Å². The number of Topliss-reactive ketones (excluding diaryl/α,β-unsaturated/α-hetero) is 1. The highest BCUT2D eigenvalue weighted by atomic mass is 16.6. The third-order valence-electron chi connectivity index (χ3n) is 9.96. The molecule has 0 aromatic carbocycles. The van der Waals surface area contributed by atoms with Gasteiger partial charge in [0.25, 0.3) is 0 Å². The van der Waals surface area contributed by atoms with Gasteiger partial charge in [-0.25, -0.2) is 0 Å². The predicted octanol–water partition coefficient (Wildman–Crippen LogP) is 2.73. The minimum absolute atomic E-state index is 0.115. The summed E-state index contributed by atoms with van der Waals surface area (Å²) in [6.07, 6.45) is 2.81. The molecule has 0 bridgehead atoms. The molecule has 9 atom stereocenters. The Hall–Kier alpha value is -2.03. The van der Waals surface area contributed by atoms with Gasteiger partial charge in [-0.2, -0.15) is 0 Å². The Labute approximate surface area is 219 Å². The monoisotopic (exact) mass is 518 g/mol. The molecule has 8 heteroatoms. The fourth-order valence-electron chi connectivity index (χ4n) is 7.52. The minimum Gasteiger partial charge on any atom is -0.457 e. The molecule has 0 aromatic heterocycles. The maximum Gasteiger partial charge on any atom is 0.309 e. The highest BCUT2D eigenvalue weighted by Gasteiger charge is 2.88. The van der Waals surface area contributed by atoms with Crippen LogP contribution in [0.3, 0.4) is 0 Å². The van der Waals surface area contributed by atoms with E-state index in [2.05, 4.69) is 0 Å². The summed E-state index contributed by atoms with van der Waals surface area (Å²) >= 11 is 0. The molecule has 0 amide bonds. The number of hydrogen-bond donors (Lipinski definition) is 3. The molecule has 0 saturated heterocycles. The van der Waals surface area contributed by atoms with E-state index in [-0.39, 0.29) is 13.0 Å². The van der Waals surface area contributed by atoms with Gasteiger partial charge in [-0.1, -0.05) is 60.6 Å². The van der Waals surface area contributed by atoms with Crippen LogP contribution in [-0.2, 0) is 23.9 Å². The number of fused-ring (bicyclic) bond motifs is 5. The van der Waals surface area contributed by atoms with E-state index in [1.54, 1.807) is 46.8 Å². The van der Waals surface area contributed by atoms with Gasteiger partial charge in [0, 0.05) is 35.5 Å². The zero-order chi connectivity index (χ0) is 27.9. The van der Waals surface area contributed by atoms with Gasteiger partial charge in [0.15, 0.2) is 11.4 Å². The summed E-state index contributed by atoms with van der Waals surface area (Å²) in [6, 6.07) is 0. The molecule has 9 unspecified atom stereocenters. The van der Waals surface area contributed by atoms with E-state index in [1.165, 1.54) is 0 Å². The van der Waals surface area contributed by atoms with Crippen molar-refractivity contribution in [2.75, 3.05) is 6.61 Å². The normalized spacial score (nSPS) is 42.5. The van der Waals surface area contributed by atoms with Crippen molar-refractivity contribution in [1.29, 1.82) is 0 Å². The van der Waals surface area contributed by atoms with Crippen LogP contribution >= 0.6 is 0 Å². The Kier molecular flexibility index (Phi) is 6.62. The number of carbonyl (C=O) groups excluding carboxylic acids is 3. The summed E-state index contributed by atoms with van der Waals surface area (Å²) in [4.78, 5) is 39.4. The zero-order valence-electron chi connectivity index (χ0n) is 23.2. The molecule has 37 heavy (non-hydrogen) atoms. The van der Waals surface area contributed by atoms with Crippen LogP contribution in [-0.4, -0.2) is 62.6 Å². The van der Waals surface area contributed by atoms with E-state index in [9.17, 15) is 29.7 Å². The molecule has 2 fully saturated rings. The van der Waals surface area contributed by atoms with Crippen LogP contribution in [0.1, 0.15) is 68.2 Å².